The number of amides is 1. The van der Waals surface area contributed by atoms with Gasteiger partial charge in [0.05, 0.1) is 18.8 Å². The predicted octanol–water partition coefficient (Wildman–Crippen LogP) is 1.67. The largest absolute Gasteiger partial charge is 0.382 e. The summed E-state index contributed by atoms with van der Waals surface area (Å²) < 4.78 is 4.93. The van der Waals surface area contributed by atoms with Crippen molar-refractivity contribution in [3.05, 3.63) is 12.2 Å². The smallest absolute Gasteiger partial charge is 0.270 e. The highest BCUT2D eigenvalue weighted by Gasteiger charge is 2.43. The van der Waals surface area contributed by atoms with Crippen LogP contribution in [0.2, 0.25) is 0 Å². The molecule has 1 aliphatic carbocycles. The van der Waals surface area contributed by atoms with Gasteiger partial charge in [0.2, 0.25) is 0 Å². The average Bonchev–Trinajstić information content (AvgIpc) is 2.60. The first-order valence-corrected chi connectivity index (χ1v) is 5.94. The summed E-state index contributed by atoms with van der Waals surface area (Å²) in [5.41, 5.74) is -0.164. The highest BCUT2D eigenvalue weighted by atomic mass is 16.7. The number of carbonyl (C=O) groups is 1. The number of ether oxygens (including phenoxy) is 1. The first-order valence-electron chi connectivity index (χ1n) is 5.94. The monoisotopic (exact) mass is 225 g/mol. The first-order chi connectivity index (χ1) is 7.78. The summed E-state index contributed by atoms with van der Waals surface area (Å²) in [5.74, 6) is -0.0296. The van der Waals surface area contributed by atoms with Gasteiger partial charge in [-0.3, -0.25) is 9.63 Å². The van der Waals surface area contributed by atoms with Crippen LogP contribution in [0.1, 0.15) is 32.1 Å². The maximum Gasteiger partial charge on any atom is 0.270 e. The highest BCUT2D eigenvalue weighted by Crippen LogP contribution is 2.38. The molecule has 0 aromatic heterocycles. The summed E-state index contributed by atoms with van der Waals surface area (Å²) in [4.78, 5) is 17.3. The van der Waals surface area contributed by atoms with Crippen molar-refractivity contribution in [2.24, 2.45) is 0 Å². The van der Waals surface area contributed by atoms with Gasteiger partial charge < -0.3 is 4.74 Å². The molecule has 16 heavy (non-hydrogen) atoms. The molecule has 1 aliphatic heterocycles. The Kier molecular flexibility index (Phi) is 3.61. The number of hydrogen-bond acceptors (Lipinski definition) is 3. The number of hydroxylamine groups is 2. The van der Waals surface area contributed by atoms with E-state index in [1.54, 1.807) is 18.2 Å². The minimum atomic E-state index is -0.164. The Morgan fingerprint density at radius 1 is 1.31 bits per heavy atom. The zero-order valence-electron chi connectivity index (χ0n) is 9.78. The molecule has 0 unspecified atom stereocenters. The standard InChI is InChI=1S/C12H19NO3/c1-15-9-10-16-13-11(14)5-8-12(13)6-3-2-4-7-12/h5,8H,2-4,6-7,9-10H2,1H3. The van der Waals surface area contributed by atoms with E-state index in [0.29, 0.717) is 13.2 Å². The number of methoxy groups -OCH3 is 1. The molecule has 0 saturated heterocycles. The van der Waals surface area contributed by atoms with Crippen LogP contribution < -0.4 is 0 Å². The maximum absolute atomic E-state index is 11.7. The van der Waals surface area contributed by atoms with Crippen molar-refractivity contribution in [1.29, 1.82) is 0 Å². The molecule has 0 aromatic carbocycles. The molecule has 0 radical (unpaired) electrons. The minimum absolute atomic E-state index is 0.0296. The van der Waals surface area contributed by atoms with Crippen LogP contribution >= 0.6 is 0 Å². The van der Waals surface area contributed by atoms with Crippen LogP contribution in [0.25, 0.3) is 0 Å². The van der Waals surface area contributed by atoms with Gasteiger partial charge in [0, 0.05) is 13.2 Å². The van der Waals surface area contributed by atoms with Crippen LogP contribution in [-0.2, 0) is 14.4 Å². The second-order valence-electron chi connectivity index (χ2n) is 4.46. The van der Waals surface area contributed by atoms with Crippen LogP contribution in [0.15, 0.2) is 12.2 Å². The van der Waals surface area contributed by atoms with E-state index in [2.05, 4.69) is 0 Å². The molecule has 4 nitrogen and oxygen atoms in total. The third kappa shape index (κ3) is 2.13. The van der Waals surface area contributed by atoms with E-state index >= 15 is 0 Å². The van der Waals surface area contributed by atoms with E-state index in [1.807, 2.05) is 6.08 Å². The lowest BCUT2D eigenvalue weighted by molar-refractivity contribution is -0.213. The van der Waals surface area contributed by atoms with Gasteiger partial charge in [-0.15, -0.1) is 0 Å². The molecule has 0 N–H and O–H groups in total. The fraction of sp³-hybridized carbons (Fsp3) is 0.750. The molecule has 1 heterocycles. The fourth-order valence-corrected chi connectivity index (χ4v) is 2.52. The Labute approximate surface area is 96.2 Å². The van der Waals surface area contributed by atoms with Crippen LogP contribution in [-0.4, -0.2) is 36.8 Å². The number of carbonyl (C=O) groups excluding carboxylic acids is 1. The molecule has 1 amide bonds. The number of hydrogen-bond donors (Lipinski definition) is 0. The Hall–Kier alpha value is -0.870. The molecule has 0 atom stereocenters. The lowest BCUT2D eigenvalue weighted by Gasteiger charge is -2.39. The van der Waals surface area contributed by atoms with Crippen molar-refractivity contribution in [2.45, 2.75) is 37.6 Å². The number of rotatable bonds is 4. The van der Waals surface area contributed by atoms with Crippen LogP contribution in [0.3, 0.4) is 0 Å². The Morgan fingerprint density at radius 3 is 2.75 bits per heavy atom. The molecular weight excluding hydrogens is 206 g/mol. The van der Waals surface area contributed by atoms with Crippen LogP contribution in [0.5, 0.6) is 0 Å². The van der Waals surface area contributed by atoms with Crippen molar-refractivity contribution < 1.29 is 14.4 Å². The summed E-state index contributed by atoms with van der Waals surface area (Å²) in [6, 6.07) is 0. The van der Waals surface area contributed by atoms with E-state index < -0.39 is 0 Å². The molecule has 1 fully saturated rings. The van der Waals surface area contributed by atoms with Crippen molar-refractivity contribution >= 4 is 5.91 Å². The van der Waals surface area contributed by atoms with Crippen LogP contribution in [0, 0.1) is 0 Å². The van der Waals surface area contributed by atoms with Crippen molar-refractivity contribution in [3.8, 4) is 0 Å². The molecule has 2 aliphatic rings. The minimum Gasteiger partial charge on any atom is -0.382 e. The van der Waals surface area contributed by atoms with Gasteiger partial charge in [-0.1, -0.05) is 25.3 Å². The quantitative estimate of drug-likeness (QED) is 0.683. The average molecular weight is 225 g/mol. The van der Waals surface area contributed by atoms with Gasteiger partial charge in [-0.05, 0) is 12.8 Å². The van der Waals surface area contributed by atoms with E-state index in [0.717, 1.165) is 12.8 Å². The van der Waals surface area contributed by atoms with E-state index in [1.165, 1.54) is 19.3 Å². The van der Waals surface area contributed by atoms with Gasteiger partial charge in [0.1, 0.15) is 0 Å². The summed E-state index contributed by atoms with van der Waals surface area (Å²) in [5, 5.41) is 1.56. The Balaban J connectivity index is 1.99. The predicted molar refractivity (Wildman–Crippen MR) is 59.6 cm³/mol. The first kappa shape index (κ1) is 11.6. The topological polar surface area (TPSA) is 38.8 Å². The summed E-state index contributed by atoms with van der Waals surface area (Å²) >= 11 is 0. The molecule has 4 heteroatoms. The van der Waals surface area contributed by atoms with Gasteiger partial charge >= 0.3 is 0 Å². The molecule has 2 rings (SSSR count). The fourth-order valence-electron chi connectivity index (χ4n) is 2.52. The second kappa shape index (κ2) is 4.97. The summed E-state index contributed by atoms with van der Waals surface area (Å²) in [7, 11) is 1.63. The van der Waals surface area contributed by atoms with E-state index in [9.17, 15) is 4.79 Å². The summed E-state index contributed by atoms with van der Waals surface area (Å²) in [6.07, 6.45) is 9.28. The lowest BCUT2D eigenvalue weighted by atomic mass is 9.82. The van der Waals surface area contributed by atoms with Crippen molar-refractivity contribution in [3.63, 3.8) is 0 Å². The normalized spacial score (nSPS) is 23.3. The van der Waals surface area contributed by atoms with E-state index in [4.69, 9.17) is 9.57 Å². The number of nitrogens with zero attached hydrogens (tertiary/aromatic N) is 1. The van der Waals surface area contributed by atoms with Gasteiger partial charge in [0.25, 0.3) is 5.91 Å². The SMILES string of the molecule is COCCON1C(=O)C=CC12CCCCC2. The zero-order chi connectivity index (χ0) is 11.4. The van der Waals surface area contributed by atoms with Gasteiger partial charge in [0.15, 0.2) is 0 Å². The van der Waals surface area contributed by atoms with Crippen LogP contribution in [0.4, 0.5) is 0 Å². The third-order valence-corrected chi connectivity index (χ3v) is 3.37. The molecule has 1 spiro atoms. The Morgan fingerprint density at radius 2 is 2.06 bits per heavy atom. The molecule has 0 bridgehead atoms. The maximum atomic E-state index is 11.7. The van der Waals surface area contributed by atoms with Crippen molar-refractivity contribution in [2.75, 3.05) is 20.3 Å². The second-order valence-corrected chi connectivity index (χ2v) is 4.46. The molecule has 90 valence electrons. The van der Waals surface area contributed by atoms with Crippen molar-refractivity contribution in [1.82, 2.24) is 5.06 Å². The van der Waals surface area contributed by atoms with E-state index in [-0.39, 0.29) is 11.4 Å². The highest BCUT2D eigenvalue weighted by molar-refractivity contribution is 5.90. The van der Waals surface area contributed by atoms with Gasteiger partial charge in [-0.2, -0.15) is 0 Å². The Bertz CT molecular complexity index is 282. The molecule has 0 aromatic rings. The van der Waals surface area contributed by atoms with Gasteiger partial charge in [-0.25, -0.2) is 5.06 Å². The third-order valence-electron chi connectivity index (χ3n) is 3.37. The summed E-state index contributed by atoms with van der Waals surface area (Å²) in [6.45, 7) is 0.950. The zero-order valence-corrected chi connectivity index (χ0v) is 9.78. The molecular formula is C12H19NO3. The lowest BCUT2D eigenvalue weighted by Crippen LogP contribution is -2.47. The molecule has 1 saturated carbocycles.